The summed E-state index contributed by atoms with van der Waals surface area (Å²) in [6, 6.07) is 2.04. The fourth-order valence-corrected chi connectivity index (χ4v) is 2.82. The van der Waals surface area contributed by atoms with Gasteiger partial charge in [0.05, 0.1) is 19.2 Å². The molecule has 2 aromatic rings. The molecule has 98 valence electrons. The Bertz CT molecular complexity index is 671. The van der Waals surface area contributed by atoms with Crippen molar-refractivity contribution < 1.29 is 14.6 Å². The number of aromatic carboxylic acids is 1. The van der Waals surface area contributed by atoms with Crippen molar-refractivity contribution in [3.8, 4) is 6.07 Å². The van der Waals surface area contributed by atoms with Gasteiger partial charge < -0.3 is 14.7 Å². The number of hydrogen-bond acceptors (Lipinski definition) is 6. The predicted octanol–water partition coefficient (Wildman–Crippen LogP) is 0.823. The lowest BCUT2D eigenvalue weighted by molar-refractivity contribution is 0.0680. The van der Waals surface area contributed by atoms with Crippen molar-refractivity contribution in [1.82, 2.24) is 9.38 Å². The molecule has 0 radical (unpaired) electrons. The van der Waals surface area contributed by atoms with Crippen LogP contribution in [0.1, 0.15) is 10.5 Å². The molecule has 1 atom stereocenters. The number of carboxylic acid groups (broad SMARTS) is 1. The minimum Gasteiger partial charge on any atom is -0.476 e. The second-order valence-electron chi connectivity index (χ2n) is 4.08. The number of thiazole rings is 1. The molecule has 1 fully saturated rings. The lowest BCUT2D eigenvalue weighted by Gasteiger charge is -2.30. The standard InChI is InChI=1S/C11H10N4O3S/c12-5-7-6-14(1-3-18-7)9-8(10(16)17)15-2-4-19-11(15)13-9/h2,4,7H,1,3,6H2,(H,16,17). The molecule has 0 saturated carbocycles. The lowest BCUT2D eigenvalue weighted by atomic mass is 10.2. The summed E-state index contributed by atoms with van der Waals surface area (Å²) in [4.78, 5) is 18.2. The Kier molecular flexibility index (Phi) is 2.85. The van der Waals surface area contributed by atoms with Gasteiger partial charge in [0.1, 0.15) is 0 Å². The highest BCUT2D eigenvalue weighted by Gasteiger charge is 2.28. The van der Waals surface area contributed by atoms with Crippen LogP contribution in [0.4, 0.5) is 5.82 Å². The molecule has 0 aromatic carbocycles. The number of hydrogen-bond donors (Lipinski definition) is 1. The maximum atomic E-state index is 11.4. The molecule has 7 nitrogen and oxygen atoms in total. The van der Waals surface area contributed by atoms with Gasteiger partial charge in [0, 0.05) is 18.1 Å². The van der Waals surface area contributed by atoms with Crippen LogP contribution in [-0.2, 0) is 4.74 Å². The average molecular weight is 278 g/mol. The van der Waals surface area contributed by atoms with Gasteiger partial charge in [-0.15, -0.1) is 11.3 Å². The van der Waals surface area contributed by atoms with E-state index in [0.717, 1.165) is 0 Å². The van der Waals surface area contributed by atoms with E-state index in [4.69, 9.17) is 10.00 Å². The van der Waals surface area contributed by atoms with Gasteiger partial charge >= 0.3 is 5.97 Å². The minimum atomic E-state index is -1.03. The van der Waals surface area contributed by atoms with Gasteiger partial charge in [0.2, 0.25) is 0 Å². The monoisotopic (exact) mass is 278 g/mol. The van der Waals surface area contributed by atoms with Crippen molar-refractivity contribution in [2.45, 2.75) is 6.10 Å². The summed E-state index contributed by atoms with van der Waals surface area (Å²) in [6.07, 6.45) is 1.14. The van der Waals surface area contributed by atoms with Gasteiger partial charge in [0.15, 0.2) is 22.6 Å². The molecule has 1 N–H and O–H groups in total. The Morgan fingerprint density at radius 3 is 3.26 bits per heavy atom. The van der Waals surface area contributed by atoms with Crippen LogP contribution in [0.5, 0.6) is 0 Å². The van der Waals surface area contributed by atoms with Gasteiger partial charge in [-0.05, 0) is 0 Å². The number of morpholine rings is 1. The second kappa shape index (κ2) is 4.53. The molecule has 2 aromatic heterocycles. The molecule has 0 aliphatic carbocycles. The third-order valence-electron chi connectivity index (χ3n) is 2.96. The molecular formula is C11H10N4O3S. The summed E-state index contributed by atoms with van der Waals surface area (Å²) in [6.45, 7) is 1.26. The fraction of sp³-hybridized carbons (Fsp3) is 0.364. The lowest BCUT2D eigenvalue weighted by Crippen LogP contribution is -2.42. The van der Waals surface area contributed by atoms with E-state index >= 15 is 0 Å². The van der Waals surface area contributed by atoms with Gasteiger partial charge in [-0.1, -0.05) is 0 Å². The van der Waals surface area contributed by atoms with E-state index < -0.39 is 12.1 Å². The first-order valence-electron chi connectivity index (χ1n) is 5.65. The molecule has 19 heavy (non-hydrogen) atoms. The first kappa shape index (κ1) is 12.0. The van der Waals surface area contributed by atoms with E-state index in [1.54, 1.807) is 20.9 Å². The number of imidazole rings is 1. The Balaban J connectivity index is 2.04. The van der Waals surface area contributed by atoms with E-state index in [0.29, 0.717) is 30.5 Å². The molecule has 0 spiro atoms. The van der Waals surface area contributed by atoms with Crippen LogP contribution >= 0.6 is 11.3 Å². The zero-order valence-corrected chi connectivity index (χ0v) is 10.6. The van der Waals surface area contributed by atoms with Crippen LogP contribution in [0.15, 0.2) is 11.6 Å². The molecule has 1 saturated heterocycles. The van der Waals surface area contributed by atoms with E-state index in [9.17, 15) is 9.90 Å². The van der Waals surface area contributed by atoms with Crippen molar-refractivity contribution in [2.75, 3.05) is 24.6 Å². The Hall–Kier alpha value is -2.11. The smallest absolute Gasteiger partial charge is 0.356 e. The van der Waals surface area contributed by atoms with Crippen molar-refractivity contribution in [1.29, 1.82) is 5.26 Å². The van der Waals surface area contributed by atoms with E-state index in [1.165, 1.54) is 11.3 Å². The fourth-order valence-electron chi connectivity index (χ4n) is 2.11. The summed E-state index contributed by atoms with van der Waals surface area (Å²) in [5, 5.41) is 20.0. The van der Waals surface area contributed by atoms with Crippen LogP contribution in [0.25, 0.3) is 4.96 Å². The van der Waals surface area contributed by atoms with Crippen molar-refractivity contribution in [3.63, 3.8) is 0 Å². The number of aromatic nitrogens is 2. The summed E-state index contributed by atoms with van der Waals surface area (Å²) in [5.41, 5.74) is 0.134. The number of nitrogens with zero attached hydrogens (tertiary/aromatic N) is 4. The first-order chi connectivity index (χ1) is 9.20. The highest BCUT2D eigenvalue weighted by molar-refractivity contribution is 7.15. The summed E-state index contributed by atoms with van der Waals surface area (Å²) in [7, 11) is 0. The van der Waals surface area contributed by atoms with Crippen LogP contribution in [-0.4, -0.2) is 46.3 Å². The molecule has 1 unspecified atom stereocenters. The molecular weight excluding hydrogens is 268 g/mol. The van der Waals surface area contributed by atoms with Crippen LogP contribution in [0, 0.1) is 11.3 Å². The van der Waals surface area contributed by atoms with Crippen molar-refractivity contribution >= 4 is 28.1 Å². The van der Waals surface area contributed by atoms with E-state index in [2.05, 4.69) is 4.98 Å². The minimum absolute atomic E-state index is 0.134. The largest absolute Gasteiger partial charge is 0.476 e. The quantitative estimate of drug-likeness (QED) is 0.874. The van der Waals surface area contributed by atoms with Gasteiger partial charge in [0.25, 0.3) is 0 Å². The summed E-state index contributed by atoms with van der Waals surface area (Å²) < 4.78 is 6.81. The number of carboxylic acids is 1. The molecule has 3 heterocycles. The topological polar surface area (TPSA) is 90.9 Å². The Morgan fingerprint density at radius 2 is 2.53 bits per heavy atom. The normalized spacial score (nSPS) is 19.5. The molecule has 8 heteroatoms. The highest BCUT2D eigenvalue weighted by atomic mass is 32.1. The number of fused-ring (bicyclic) bond motifs is 1. The number of ether oxygens (including phenoxy) is 1. The number of carbonyl (C=O) groups is 1. The Labute approximate surface area is 112 Å². The molecule has 3 rings (SSSR count). The van der Waals surface area contributed by atoms with Crippen LogP contribution in [0.2, 0.25) is 0 Å². The highest BCUT2D eigenvalue weighted by Crippen LogP contribution is 2.26. The Morgan fingerprint density at radius 1 is 1.68 bits per heavy atom. The maximum absolute atomic E-state index is 11.4. The molecule has 1 aliphatic rings. The zero-order chi connectivity index (χ0) is 13.4. The third kappa shape index (κ3) is 1.93. The molecule has 1 aliphatic heterocycles. The average Bonchev–Trinajstić information content (AvgIpc) is 2.98. The van der Waals surface area contributed by atoms with Gasteiger partial charge in [-0.25, -0.2) is 9.78 Å². The zero-order valence-electron chi connectivity index (χ0n) is 9.81. The van der Waals surface area contributed by atoms with Crippen molar-refractivity contribution in [3.05, 3.63) is 17.3 Å². The van der Waals surface area contributed by atoms with Crippen LogP contribution < -0.4 is 4.90 Å². The van der Waals surface area contributed by atoms with Gasteiger partial charge in [-0.2, -0.15) is 5.26 Å². The molecule has 0 amide bonds. The second-order valence-corrected chi connectivity index (χ2v) is 4.95. The summed E-state index contributed by atoms with van der Waals surface area (Å²) in [5.74, 6) is -0.621. The van der Waals surface area contributed by atoms with E-state index in [1.807, 2.05) is 6.07 Å². The van der Waals surface area contributed by atoms with Crippen molar-refractivity contribution in [2.24, 2.45) is 0 Å². The number of nitriles is 1. The molecule has 0 bridgehead atoms. The van der Waals surface area contributed by atoms with Crippen LogP contribution in [0.3, 0.4) is 0 Å². The number of anilines is 1. The summed E-state index contributed by atoms with van der Waals surface area (Å²) >= 11 is 1.38. The maximum Gasteiger partial charge on any atom is 0.356 e. The predicted molar refractivity (Wildman–Crippen MR) is 67.6 cm³/mol. The third-order valence-corrected chi connectivity index (χ3v) is 3.71. The SMILES string of the molecule is N#CC1CN(c2nc3sccn3c2C(=O)O)CCO1. The van der Waals surface area contributed by atoms with Gasteiger partial charge in [-0.3, -0.25) is 4.40 Å². The first-order valence-corrected chi connectivity index (χ1v) is 6.53. The number of rotatable bonds is 2. The van der Waals surface area contributed by atoms with E-state index in [-0.39, 0.29) is 5.69 Å².